The maximum atomic E-state index is 12.3. The molecule has 0 aliphatic heterocycles. The van der Waals surface area contributed by atoms with Crippen LogP contribution in [0.25, 0.3) is 11.1 Å². The standard InChI is InChI=1S/C29H33NO4/c1-2-3-8-20-13-15-21(16-14-20)28(32)27(31)17-18-30-29(33)34-19-26-24-11-6-4-9-22(24)23-10-5-7-12-25(23)26/h4-7,9-16,26-28,31-32H,2-3,8,17-19H2,1H3,(H,30,33). The summed E-state index contributed by atoms with van der Waals surface area (Å²) in [4.78, 5) is 12.3. The van der Waals surface area contributed by atoms with Crippen molar-refractivity contribution >= 4 is 6.09 Å². The Kier molecular flexibility index (Phi) is 7.99. The van der Waals surface area contributed by atoms with Crippen LogP contribution in [-0.2, 0) is 11.2 Å². The SMILES string of the molecule is CCCCc1ccc(C(O)C(O)CCNC(=O)OCC2c3ccccc3-c3ccccc32)cc1. The number of nitrogens with one attached hydrogen (secondary N) is 1. The fraction of sp³-hybridized carbons (Fsp3) is 0.345. The lowest BCUT2D eigenvalue weighted by molar-refractivity contribution is 0.0136. The molecule has 3 aromatic rings. The Morgan fingerprint density at radius 1 is 0.941 bits per heavy atom. The number of ether oxygens (including phenoxy) is 1. The third-order valence-corrected chi connectivity index (χ3v) is 6.56. The number of aliphatic hydroxyl groups excluding tert-OH is 2. The Morgan fingerprint density at radius 3 is 2.18 bits per heavy atom. The zero-order chi connectivity index (χ0) is 23.9. The van der Waals surface area contributed by atoms with E-state index in [1.807, 2.05) is 48.5 Å². The Labute approximate surface area is 201 Å². The van der Waals surface area contributed by atoms with E-state index in [2.05, 4.69) is 36.5 Å². The molecule has 2 unspecified atom stereocenters. The molecule has 2 atom stereocenters. The summed E-state index contributed by atoms with van der Waals surface area (Å²) in [5.41, 5.74) is 6.59. The number of hydrogen-bond acceptors (Lipinski definition) is 4. The van der Waals surface area contributed by atoms with Gasteiger partial charge in [0.25, 0.3) is 0 Å². The predicted molar refractivity (Wildman–Crippen MR) is 134 cm³/mol. The number of rotatable bonds is 10. The summed E-state index contributed by atoms with van der Waals surface area (Å²) in [6, 6.07) is 24.1. The first kappa shape index (κ1) is 24.0. The highest BCUT2D eigenvalue weighted by Crippen LogP contribution is 2.44. The van der Waals surface area contributed by atoms with E-state index in [0.29, 0.717) is 5.56 Å². The summed E-state index contributed by atoms with van der Waals surface area (Å²) in [6.45, 7) is 2.62. The molecule has 3 aromatic carbocycles. The lowest BCUT2D eigenvalue weighted by atomic mass is 9.98. The van der Waals surface area contributed by atoms with Crippen molar-refractivity contribution < 1.29 is 19.7 Å². The van der Waals surface area contributed by atoms with Crippen LogP contribution in [0.3, 0.4) is 0 Å². The van der Waals surface area contributed by atoms with Crippen LogP contribution < -0.4 is 5.32 Å². The van der Waals surface area contributed by atoms with Gasteiger partial charge in [0.2, 0.25) is 0 Å². The van der Waals surface area contributed by atoms with Gasteiger partial charge in [-0.15, -0.1) is 0 Å². The molecule has 0 fully saturated rings. The monoisotopic (exact) mass is 459 g/mol. The molecule has 5 nitrogen and oxygen atoms in total. The number of alkyl carbamates (subject to hydrolysis) is 1. The molecule has 0 spiro atoms. The maximum absolute atomic E-state index is 12.3. The number of hydrogen-bond donors (Lipinski definition) is 3. The molecule has 5 heteroatoms. The molecule has 4 rings (SSSR count). The summed E-state index contributed by atoms with van der Waals surface area (Å²) in [5.74, 6) is 0.00543. The van der Waals surface area contributed by atoms with Crippen molar-refractivity contribution in [1.82, 2.24) is 5.32 Å². The van der Waals surface area contributed by atoms with Crippen molar-refractivity contribution in [3.05, 3.63) is 95.1 Å². The van der Waals surface area contributed by atoms with Crippen LogP contribution in [-0.4, -0.2) is 35.6 Å². The van der Waals surface area contributed by atoms with Crippen LogP contribution in [0.15, 0.2) is 72.8 Å². The first-order chi connectivity index (χ1) is 16.6. The van der Waals surface area contributed by atoms with Crippen molar-refractivity contribution in [2.75, 3.05) is 13.2 Å². The van der Waals surface area contributed by atoms with Gasteiger partial charge in [-0.3, -0.25) is 0 Å². The van der Waals surface area contributed by atoms with Gasteiger partial charge in [-0.2, -0.15) is 0 Å². The Bertz CT molecular complexity index is 1050. The third-order valence-electron chi connectivity index (χ3n) is 6.56. The van der Waals surface area contributed by atoms with E-state index in [1.165, 1.54) is 16.7 Å². The van der Waals surface area contributed by atoms with Crippen molar-refractivity contribution in [3.63, 3.8) is 0 Å². The van der Waals surface area contributed by atoms with Crippen LogP contribution in [0.2, 0.25) is 0 Å². The molecule has 1 aliphatic rings. The van der Waals surface area contributed by atoms with Gasteiger partial charge in [-0.05, 0) is 52.6 Å². The van der Waals surface area contributed by atoms with Gasteiger partial charge in [-0.1, -0.05) is 86.1 Å². The highest BCUT2D eigenvalue weighted by atomic mass is 16.5. The van der Waals surface area contributed by atoms with E-state index < -0.39 is 18.3 Å². The smallest absolute Gasteiger partial charge is 0.407 e. The molecule has 34 heavy (non-hydrogen) atoms. The topological polar surface area (TPSA) is 78.8 Å². The molecular formula is C29H33NO4. The summed E-state index contributed by atoms with van der Waals surface area (Å²) in [5, 5.41) is 23.5. The normalized spacial score (nSPS) is 14.2. The second-order valence-electron chi connectivity index (χ2n) is 8.90. The molecule has 3 N–H and O–H groups in total. The minimum Gasteiger partial charge on any atom is -0.449 e. The van der Waals surface area contributed by atoms with Crippen molar-refractivity contribution in [3.8, 4) is 11.1 Å². The lowest BCUT2D eigenvalue weighted by Gasteiger charge is -2.19. The maximum Gasteiger partial charge on any atom is 0.407 e. The van der Waals surface area contributed by atoms with Gasteiger partial charge in [0.15, 0.2) is 0 Å². The minimum atomic E-state index is -0.996. The second kappa shape index (κ2) is 11.3. The molecule has 1 amide bonds. The van der Waals surface area contributed by atoms with Gasteiger partial charge < -0.3 is 20.3 Å². The van der Waals surface area contributed by atoms with Crippen molar-refractivity contribution in [1.29, 1.82) is 0 Å². The van der Waals surface area contributed by atoms with E-state index in [4.69, 9.17) is 4.74 Å². The predicted octanol–water partition coefficient (Wildman–Crippen LogP) is 5.35. The number of aryl methyl sites for hydroxylation is 1. The fourth-order valence-corrected chi connectivity index (χ4v) is 4.61. The average molecular weight is 460 g/mol. The van der Waals surface area contributed by atoms with Gasteiger partial charge in [0.1, 0.15) is 12.7 Å². The number of unbranched alkanes of at least 4 members (excludes halogenated alkanes) is 1. The third kappa shape index (κ3) is 5.49. The molecular weight excluding hydrogens is 426 g/mol. The summed E-state index contributed by atoms with van der Waals surface area (Å²) < 4.78 is 5.52. The number of benzene rings is 3. The summed E-state index contributed by atoms with van der Waals surface area (Å²) in [7, 11) is 0. The quantitative estimate of drug-likeness (QED) is 0.382. The molecule has 1 aliphatic carbocycles. The van der Waals surface area contributed by atoms with E-state index in [0.717, 1.165) is 30.4 Å². The molecule has 0 saturated carbocycles. The summed E-state index contributed by atoms with van der Waals surface area (Å²) >= 11 is 0. The number of carbonyl (C=O) groups excluding carboxylic acids is 1. The average Bonchev–Trinajstić information content (AvgIpc) is 3.19. The number of fused-ring (bicyclic) bond motifs is 3. The molecule has 0 aromatic heterocycles. The van der Waals surface area contributed by atoms with Gasteiger partial charge >= 0.3 is 6.09 Å². The van der Waals surface area contributed by atoms with E-state index in [1.54, 1.807) is 0 Å². The second-order valence-corrected chi connectivity index (χ2v) is 8.90. The molecule has 0 bridgehead atoms. The highest BCUT2D eigenvalue weighted by Gasteiger charge is 2.29. The van der Waals surface area contributed by atoms with E-state index >= 15 is 0 Å². The number of carbonyl (C=O) groups is 1. The van der Waals surface area contributed by atoms with Crippen LogP contribution in [0.1, 0.15) is 60.5 Å². The molecule has 0 radical (unpaired) electrons. The van der Waals surface area contributed by atoms with E-state index in [-0.39, 0.29) is 25.5 Å². The van der Waals surface area contributed by atoms with Crippen molar-refractivity contribution in [2.24, 2.45) is 0 Å². The van der Waals surface area contributed by atoms with Crippen LogP contribution >= 0.6 is 0 Å². The Hall–Kier alpha value is -3.15. The number of aliphatic hydroxyl groups is 2. The Balaban J connectivity index is 1.24. The van der Waals surface area contributed by atoms with Gasteiger partial charge in [0, 0.05) is 12.5 Å². The van der Waals surface area contributed by atoms with Crippen LogP contribution in [0, 0.1) is 0 Å². The minimum absolute atomic E-state index is 0.00543. The summed E-state index contributed by atoms with van der Waals surface area (Å²) in [6.07, 6.45) is 1.01. The van der Waals surface area contributed by atoms with Crippen LogP contribution in [0.5, 0.6) is 0 Å². The lowest BCUT2D eigenvalue weighted by Crippen LogP contribution is -2.30. The van der Waals surface area contributed by atoms with Crippen molar-refractivity contribution in [2.45, 2.75) is 50.7 Å². The largest absolute Gasteiger partial charge is 0.449 e. The van der Waals surface area contributed by atoms with Gasteiger partial charge in [-0.25, -0.2) is 4.79 Å². The Morgan fingerprint density at radius 2 is 1.56 bits per heavy atom. The van der Waals surface area contributed by atoms with Crippen LogP contribution in [0.4, 0.5) is 4.79 Å². The zero-order valence-corrected chi connectivity index (χ0v) is 19.6. The zero-order valence-electron chi connectivity index (χ0n) is 19.6. The van der Waals surface area contributed by atoms with E-state index in [9.17, 15) is 15.0 Å². The molecule has 0 heterocycles. The molecule has 178 valence electrons. The number of amides is 1. The first-order valence-electron chi connectivity index (χ1n) is 12.1. The van der Waals surface area contributed by atoms with Gasteiger partial charge in [0.05, 0.1) is 6.10 Å². The fourth-order valence-electron chi connectivity index (χ4n) is 4.61. The highest BCUT2D eigenvalue weighted by molar-refractivity contribution is 5.79. The first-order valence-corrected chi connectivity index (χ1v) is 12.1. The molecule has 0 saturated heterocycles.